The third kappa shape index (κ3) is 5.89. The van der Waals surface area contributed by atoms with Crippen LogP contribution in [-0.2, 0) is 17.6 Å². The summed E-state index contributed by atoms with van der Waals surface area (Å²) in [6, 6.07) is 14.5. The molecule has 5 heteroatoms. The molecule has 1 heterocycles. The molecule has 0 aromatic heterocycles. The average Bonchev–Trinajstić information content (AvgIpc) is 3.15. The topological polar surface area (TPSA) is 50.8 Å². The lowest BCUT2D eigenvalue weighted by molar-refractivity contribution is -0.121. The third-order valence-electron chi connectivity index (χ3n) is 5.16. The summed E-state index contributed by atoms with van der Waals surface area (Å²) < 4.78 is 11.3. The highest BCUT2D eigenvalue weighted by molar-refractivity contribution is 5.76. The van der Waals surface area contributed by atoms with E-state index in [1.807, 2.05) is 32.0 Å². The molecule has 1 N–H and O–H groups in total. The minimum absolute atomic E-state index is 0.0960. The van der Waals surface area contributed by atoms with E-state index in [4.69, 9.17) is 9.47 Å². The van der Waals surface area contributed by atoms with Crippen molar-refractivity contribution in [1.82, 2.24) is 5.32 Å². The molecule has 1 aliphatic rings. The van der Waals surface area contributed by atoms with Gasteiger partial charge in [0.2, 0.25) is 5.91 Å². The van der Waals surface area contributed by atoms with Crippen LogP contribution in [0.1, 0.15) is 37.8 Å². The molecule has 0 aliphatic carbocycles. The lowest BCUT2D eigenvalue weighted by atomic mass is 10.1. The van der Waals surface area contributed by atoms with Gasteiger partial charge in [-0.05, 0) is 62.4 Å². The van der Waals surface area contributed by atoms with E-state index in [0.717, 1.165) is 43.0 Å². The van der Waals surface area contributed by atoms with Crippen molar-refractivity contribution in [2.45, 2.75) is 39.5 Å². The molecule has 156 valence electrons. The van der Waals surface area contributed by atoms with Crippen molar-refractivity contribution in [2.75, 3.05) is 37.7 Å². The maximum absolute atomic E-state index is 12.2. The number of benzene rings is 2. The first-order chi connectivity index (χ1) is 14.2. The maximum Gasteiger partial charge on any atom is 0.220 e. The Morgan fingerprint density at radius 1 is 1.07 bits per heavy atom. The summed E-state index contributed by atoms with van der Waals surface area (Å²) in [5.74, 6) is 1.60. The van der Waals surface area contributed by atoms with E-state index in [2.05, 4.69) is 34.5 Å². The van der Waals surface area contributed by atoms with Crippen LogP contribution in [0, 0.1) is 0 Å². The normalized spacial score (nSPS) is 12.6. The molecule has 0 spiro atoms. The number of hydrogen-bond acceptors (Lipinski definition) is 4. The highest BCUT2D eigenvalue weighted by atomic mass is 16.5. The van der Waals surface area contributed by atoms with Gasteiger partial charge in [0.15, 0.2) is 11.5 Å². The van der Waals surface area contributed by atoms with Crippen molar-refractivity contribution >= 4 is 11.6 Å². The number of fused-ring (bicyclic) bond motifs is 1. The van der Waals surface area contributed by atoms with Gasteiger partial charge in [0.05, 0.1) is 13.2 Å². The van der Waals surface area contributed by atoms with E-state index in [1.54, 1.807) is 0 Å². The molecule has 2 aromatic carbocycles. The molecular formula is C24H32N2O3. The number of hydrogen-bond donors (Lipinski definition) is 1. The van der Waals surface area contributed by atoms with E-state index in [-0.39, 0.29) is 5.91 Å². The van der Waals surface area contributed by atoms with Gasteiger partial charge in [-0.2, -0.15) is 0 Å². The Labute approximate surface area is 174 Å². The van der Waals surface area contributed by atoms with E-state index in [1.165, 1.54) is 11.3 Å². The van der Waals surface area contributed by atoms with Gasteiger partial charge in [-0.3, -0.25) is 4.79 Å². The Kier molecular flexibility index (Phi) is 7.79. The number of ether oxygens (including phenoxy) is 2. The van der Waals surface area contributed by atoms with Crippen molar-refractivity contribution in [3.63, 3.8) is 0 Å². The predicted octanol–water partition coefficient (Wildman–Crippen LogP) is 3.99. The summed E-state index contributed by atoms with van der Waals surface area (Å²) in [5, 5.41) is 3.05. The largest absolute Gasteiger partial charge is 0.490 e. The van der Waals surface area contributed by atoms with Gasteiger partial charge in [0, 0.05) is 31.7 Å². The fraction of sp³-hybridized carbons (Fsp3) is 0.458. The van der Waals surface area contributed by atoms with E-state index < -0.39 is 0 Å². The van der Waals surface area contributed by atoms with Crippen molar-refractivity contribution in [2.24, 2.45) is 0 Å². The van der Waals surface area contributed by atoms with Gasteiger partial charge >= 0.3 is 0 Å². The number of para-hydroxylation sites is 1. The zero-order valence-electron chi connectivity index (χ0n) is 17.6. The minimum atomic E-state index is 0.0960. The summed E-state index contributed by atoms with van der Waals surface area (Å²) in [7, 11) is 0. The first kappa shape index (κ1) is 21.0. The minimum Gasteiger partial charge on any atom is -0.490 e. The van der Waals surface area contributed by atoms with Crippen LogP contribution in [0.3, 0.4) is 0 Å². The fourth-order valence-corrected chi connectivity index (χ4v) is 3.73. The third-order valence-corrected chi connectivity index (χ3v) is 5.16. The SMILES string of the molecule is CCOc1ccc(CCC(=O)NCCCN2CCc3ccccc32)cc1OCC. The van der Waals surface area contributed by atoms with Crippen molar-refractivity contribution < 1.29 is 14.3 Å². The molecule has 0 atom stereocenters. The van der Waals surface area contributed by atoms with Crippen LogP contribution in [0.2, 0.25) is 0 Å². The fourth-order valence-electron chi connectivity index (χ4n) is 3.73. The Balaban J connectivity index is 1.38. The summed E-state index contributed by atoms with van der Waals surface area (Å²) >= 11 is 0. The van der Waals surface area contributed by atoms with Gasteiger partial charge in [-0.1, -0.05) is 24.3 Å². The second kappa shape index (κ2) is 10.7. The number of nitrogens with one attached hydrogen (secondary N) is 1. The van der Waals surface area contributed by atoms with Gasteiger partial charge in [-0.15, -0.1) is 0 Å². The Morgan fingerprint density at radius 2 is 1.86 bits per heavy atom. The molecular weight excluding hydrogens is 364 g/mol. The first-order valence-electron chi connectivity index (χ1n) is 10.7. The standard InChI is InChI=1S/C24H32N2O3/c1-3-28-22-12-10-19(18-23(22)29-4-2)11-13-24(27)25-15-7-16-26-17-14-20-8-5-6-9-21(20)26/h5-6,8-10,12,18H,3-4,7,11,13-17H2,1-2H3,(H,25,27). The lowest BCUT2D eigenvalue weighted by Gasteiger charge is -2.19. The Bertz CT molecular complexity index is 806. The molecule has 0 radical (unpaired) electrons. The van der Waals surface area contributed by atoms with E-state index >= 15 is 0 Å². The summed E-state index contributed by atoms with van der Waals surface area (Å²) in [4.78, 5) is 14.6. The molecule has 1 aliphatic heterocycles. The molecule has 29 heavy (non-hydrogen) atoms. The van der Waals surface area contributed by atoms with Crippen LogP contribution < -0.4 is 19.7 Å². The molecule has 2 aromatic rings. The number of carbonyl (C=O) groups excluding carboxylic acids is 1. The number of aryl methyl sites for hydroxylation is 1. The molecule has 0 unspecified atom stereocenters. The molecule has 0 fully saturated rings. The van der Waals surface area contributed by atoms with Gasteiger partial charge < -0.3 is 19.7 Å². The molecule has 5 nitrogen and oxygen atoms in total. The van der Waals surface area contributed by atoms with Crippen molar-refractivity contribution in [3.05, 3.63) is 53.6 Å². The Morgan fingerprint density at radius 3 is 2.69 bits per heavy atom. The van der Waals surface area contributed by atoms with Crippen LogP contribution >= 0.6 is 0 Å². The molecule has 0 bridgehead atoms. The summed E-state index contributed by atoms with van der Waals surface area (Å²) in [6.07, 6.45) is 3.25. The Hall–Kier alpha value is -2.69. The van der Waals surface area contributed by atoms with E-state index in [9.17, 15) is 4.79 Å². The van der Waals surface area contributed by atoms with Gasteiger partial charge in [-0.25, -0.2) is 0 Å². The zero-order valence-corrected chi connectivity index (χ0v) is 17.6. The van der Waals surface area contributed by atoms with Crippen LogP contribution in [0.15, 0.2) is 42.5 Å². The molecule has 3 rings (SSSR count). The highest BCUT2D eigenvalue weighted by Crippen LogP contribution is 2.29. The second-order valence-corrected chi connectivity index (χ2v) is 7.22. The quantitative estimate of drug-likeness (QED) is 0.584. The van der Waals surface area contributed by atoms with Crippen LogP contribution in [0.5, 0.6) is 11.5 Å². The highest BCUT2D eigenvalue weighted by Gasteiger charge is 2.17. The van der Waals surface area contributed by atoms with Gasteiger partial charge in [0.25, 0.3) is 0 Å². The van der Waals surface area contributed by atoms with Crippen LogP contribution in [0.25, 0.3) is 0 Å². The number of carbonyl (C=O) groups is 1. The van der Waals surface area contributed by atoms with Gasteiger partial charge in [0.1, 0.15) is 0 Å². The number of rotatable bonds is 11. The number of nitrogens with zero attached hydrogens (tertiary/aromatic N) is 1. The smallest absolute Gasteiger partial charge is 0.220 e. The lowest BCUT2D eigenvalue weighted by Crippen LogP contribution is -2.29. The average molecular weight is 397 g/mol. The van der Waals surface area contributed by atoms with Crippen LogP contribution in [-0.4, -0.2) is 38.8 Å². The zero-order chi connectivity index (χ0) is 20.5. The second-order valence-electron chi connectivity index (χ2n) is 7.22. The number of amides is 1. The van der Waals surface area contributed by atoms with Crippen molar-refractivity contribution in [3.8, 4) is 11.5 Å². The van der Waals surface area contributed by atoms with Crippen molar-refractivity contribution in [1.29, 1.82) is 0 Å². The van der Waals surface area contributed by atoms with Crippen LogP contribution in [0.4, 0.5) is 5.69 Å². The predicted molar refractivity (Wildman–Crippen MR) is 117 cm³/mol. The summed E-state index contributed by atoms with van der Waals surface area (Å²) in [5.41, 5.74) is 3.86. The maximum atomic E-state index is 12.2. The molecule has 0 saturated heterocycles. The van der Waals surface area contributed by atoms with E-state index in [0.29, 0.717) is 32.6 Å². The monoisotopic (exact) mass is 396 g/mol. The molecule has 1 amide bonds. The number of anilines is 1. The molecule has 0 saturated carbocycles. The summed E-state index contributed by atoms with van der Waals surface area (Å²) in [6.45, 7) is 7.87. The first-order valence-corrected chi connectivity index (χ1v) is 10.7.